The molecule has 0 bridgehead atoms. The Morgan fingerprint density at radius 2 is 1.73 bits per heavy atom. The average Bonchev–Trinajstić information content (AvgIpc) is 2.83. The van der Waals surface area contributed by atoms with Crippen molar-refractivity contribution in [3.63, 3.8) is 0 Å². The van der Waals surface area contributed by atoms with E-state index in [0.717, 1.165) is 82.5 Å². The minimum Gasteiger partial charge on any atom is -0.494 e. The monoisotopic (exact) mass is 463 g/mol. The van der Waals surface area contributed by atoms with Crippen molar-refractivity contribution in [1.29, 1.82) is 0 Å². The second kappa shape index (κ2) is 11.1. The molecule has 2 aliphatic rings. The van der Waals surface area contributed by atoms with Crippen LogP contribution in [-0.2, 0) is 10.9 Å². The molecule has 180 valence electrons. The highest BCUT2D eigenvalue weighted by atomic mass is 19.4. The van der Waals surface area contributed by atoms with Crippen LogP contribution in [0.1, 0.15) is 50.5 Å². The Balaban J connectivity index is 1.15. The van der Waals surface area contributed by atoms with Gasteiger partial charge in [-0.25, -0.2) is 0 Å². The van der Waals surface area contributed by atoms with Crippen LogP contribution >= 0.6 is 0 Å². The SMILES string of the molecule is FC(F)(F)c1cccc(OCCCC2CCN(c3ccc(OC4CCCCO4)cc3)CC2)c1. The van der Waals surface area contributed by atoms with E-state index in [1.807, 2.05) is 12.1 Å². The van der Waals surface area contributed by atoms with Gasteiger partial charge in [0.1, 0.15) is 11.5 Å². The number of rotatable bonds is 8. The third-order valence-electron chi connectivity index (χ3n) is 6.41. The van der Waals surface area contributed by atoms with Gasteiger partial charge in [-0.05, 0) is 86.9 Å². The zero-order valence-corrected chi connectivity index (χ0v) is 18.9. The van der Waals surface area contributed by atoms with Crippen LogP contribution in [0.2, 0.25) is 0 Å². The van der Waals surface area contributed by atoms with Gasteiger partial charge in [-0.1, -0.05) is 6.07 Å². The Kier molecular flexibility index (Phi) is 8.02. The smallest absolute Gasteiger partial charge is 0.416 e. The maximum atomic E-state index is 12.8. The minimum absolute atomic E-state index is 0.127. The van der Waals surface area contributed by atoms with Crippen LogP contribution in [0.25, 0.3) is 0 Å². The van der Waals surface area contributed by atoms with Crippen LogP contribution in [0.3, 0.4) is 0 Å². The molecule has 0 saturated carbocycles. The molecule has 33 heavy (non-hydrogen) atoms. The van der Waals surface area contributed by atoms with Gasteiger partial charge in [0.25, 0.3) is 0 Å². The second-order valence-corrected chi connectivity index (χ2v) is 8.85. The van der Waals surface area contributed by atoms with Crippen molar-refractivity contribution in [3.05, 3.63) is 54.1 Å². The average molecular weight is 464 g/mol. The molecule has 0 aromatic heterocycles. The van der Waals surface area contributed by atoms with E-state index in [0.29, 0.717) is 12.5 Å². The number of hydrogen-bond acceptors (Lipinski definition) is 4. The molecule has 4 rings (SSSR count). The molecule has 0 spiro atoms. The van der Waals surface area contributed by atoms with E-state index in [1.54, 1.807) is 6.07 Å². The summed E-state index contributed by atoms with van der Waals surface area (Å²) in [6.07, 6.45) is 2.82. The summed E-state index contributed by atoms with van der Waals surface area (Å²) in [5.74, 6) is 1.75. The first-order valence-electron chi connectivity index (χ1n) is 11.9. The van der Waals surface area contributed by atoms with Crippen LogP contribution in [-0.4, -0.2) is 32.6 Å². The summed E-state index contributed by atoms with van der Waals surface area (Å²) in [6, 6.07) is 13.4. The van der Waals surface area contributed by atoms with Crippen LogP contribution < -0.4 is 14.4 Å². The van der Waals surface area contributed by atoms with Crippen molar-refractivity contribution < 1.29 is 27.4 Å². The topological polar surface area (TPSA) is 30.9 Å². The molecule has 2 aliphatic heterocycles. The van der Waals surface area contributed by atoms with Gasteiger partial charge >= 0.3 is 6.18 Å². The molecular weight excluding hydrogens is 431 g/mol. The normalized spacial score (nSPS) is 20.0. The molecule has 2 fully saturated rings. The molecule has 0 aliphatic carbocycles. The molecule has 0 amide bonds. The summed E-state index contributed by atoms with van der Waals surface area (Å²) in [5.41, 5.74) is 0.535. The van der Waals surface area contributed by atoms with Gasteiger partial charge in [0, 0.05) is 25.2 Å². The number of nitrogens with zero attached hydrogens (tertiary/aromatic N) is 1. The largest absolute Gasteiger partial charge is 0.494 e. The number of piperidine rings is 1. The van der Waals surface area contributed by atoms with Crippen molar-refractivity contribution in [1.82, 2.24) is 0 Å². The Bertz CT molecular complexity index is 858. The van der Waals surface area contributed by atoms with Crippen molar-refractivity contribution in [2.24, 2.45) is 5.92 Å². The van der Waals surface area contributed by atoms with Gasteiger partial charge in [-0.2, -0.15) is 13.2 Å². The van der Waals surface area contributed by atoms with E-state index in [2.05, 4.69) is 17.0 Å². The summed E-state index contributed by atoms with van der Waals surface area (Å²) < 4.78 is 55.5. The lowest BCUT2D eigenvalue weighted by Gasteiger charge is -2.34. The lowest BCUT2D eigenvalue weighted by molar-refractivity contribution is -0.137. The summed E-state index contributed by atoms with van der Waals surface area (Å²) in [6.45, 7) is 3.22. The summed E-state index contributed by atoms with van der Waals surface area (Å²) in [7, 11) is 0. The zero-order valence-electron chi connectivity index (χ0n) is 18.9. The Morgan fingerprint density at radius 1 is 0.939 bits per heavy atom. The van der Waals surface area contributed by atoms with Gasteiger partial charge in [0.2, 0.25) is 0 Å². The maximum Gasteiger partial charge on any atom is 0.416 e. The lowest BCUT2D eigenvalue weighted by Crippen LogP contribution is -2.33. The van der Waals surface area contributed by atoms with Gasteiger partial charge in [-0.15, -0.1) is 0 Å². The summed E-state index contributed by atoms with van der Waals surface area (Å²) in [4.78, 5) is 2.40. The van der Waals surface area contributed by atoms with Crippen molar-refractivity contribution in [2.75, 3.05) is 31.2 Å². The number of hydrogen-bond donors (Lipinski definition) is 0. The molecule has 1 atom stereocenters. The first-order valence-corrected chi connectivity index (χ1v) is 11.9. The van der Waals surface area contributed by atoms with Gasteiger partial charge < -0.3 is 19.1 Å². The molecule has 7 heteroatoms. The highest BCUT2D eigenvalue weighted by molar-refractivity contribution is 5.49. The zero-order chi connectivity index (χ0) is 23.1. The molecule has 4 nitrogen and oxygen atoms in total. The van der Waals surface area contributed by atoms with Crippen LogP contribution in [0.5, 0.6) is 11.5 Å². The van der Waals surface area contributed by atoms with Crippen molar-refractivity contribution in [3.8, 4) is 11.5 Å². The third-order valence-corrected chi connectivity index (χ3v) is 6.41. The molecule has 1 unspecified atom stereocenters. The second-order valence-electron chi connectivity index (χ2n) is 8.85. The maximum absolute atomic E-state index is 12.8. The van der Waals surface area contributed by atoms with Crippen LogP contribution in [0, 0.1) is 5.92 Å². The number of halogens is 3. The van der Waals surface area contributed by atoms with E-state index < -0.39 is 11.7 Å². The summed E-state index contributed by atoms with van der Waals surface area (Å²) >= 11 is 0. The molecule has 2 saturated heterocycles. The van der Waals surface area contributed by atoms with Crippen molar-refractivity contribution >= 4 is 5.69 Å². The molecule has 0 radical (unpaired) electrons. The summed E-state index contributed by atoms with van der Waals surface area (Å²) in [5, 5.41) is 0. The number of anilines is 1. The fourth-order valence-corrected chi connectivity index (χ4v) is 4.50. The van der Waals surface area contributed by atoms with Crippen LogP contribution in [0.15, 0.2) is 48.5 Å². The Morgan fingerprint density at radius 3 is 2.42 bits per heavy atom. The molecule has 2 aromatic rings. The quantitative estimate of drug-likeness (QED) is 0.408. The van der Waals surface area contributed by atoms with E-state index >= 15 is 0 Å². The lowest BCUT2D eigenvalue weighted by atomic mass is 9.92. The number of ether oxygens (including phenoxy) is 3. The van der Waals surface area contributed by atoms with Gasteiger partial charge in [-0.3, -0.25) is 0 Å². The van der Waals surface area contributed by atoms with Gasteiger partial charge in [0.15, 0.2) is 6.29 Å². The standard InChI is InChI=1S/C26H32F3NO3/c27-26(28,29)21-6-3-7-24(19-21)31-18-4-5-20-13-15-30(16-14-20)22-9-11-23(12-10-22)33-25-8-1-2-17-32-25/h3,6-7,9-12,19-20,25H,1-2,4-5,8,13-18H2. The third kappa shape index (κ3) is 7.03. The fourth-order valence-electron chi connectivity index (χ4n) is 4.50. The van der Waals surface area contributed by atoms with Crippen LogP contribution in [0.4, 0.5) is 18.9 Å². The highest BCUT2D eigenvalue weighted by Crippen LogP contribution is 2.32. The van der Waals surface area contributed by atoms with E-state index in [9.17, 15) is 13.2 Å². The predicted octanol–water partition coefficient (Wildman–Crippen LogP) is 6.69. The Labute approximate surface area is 193 Å². The molecule has 2 heterocycles. The first-order chi connectivity index (χ1) is 16.0. The minimum atomic E-state index is -4.34. The van der Waals surface area contributed by atoms with Crippen molar-refractivity contribution in [2.45, 2.75) is 57.4 Å². The number of alkyl halides is 3. The molecule has 2 aromatic carbocycles. The van der Waals surface area contributed by atoms with E-state index in [1.165, 1.54) is 11.8 Å². The fraction of sp³-hybridized carbons (Fsp3) is 0.538. The molecular formula is C26H32F3NO3. The first kappa shape index (κ1) is 23.7. The van der Waals surface area contributed by atoms with Gasteiger partial charge in [0.05, 0.1) is 18.8 Å². The van der Waals surface area contributed by atoms with E-state index in [4.69, 9.17) is 14.2 Å². The predicted molar refractivity (Wildman–Crippen MR) is 122 cm³/mol. The Hall–Kier alpha value is -2.41. The van der Waals surface area contributed by atoms with E-state index in [-0.39, 0.29) is 12.0 Å². The number of benzene rings is 2. The molecule has 0 N–H and O–H groups in total. The highest BCUT2D eigenvalue weighted by Gasteiger charge is 2.30.